The van der Waals surface area contributed by atoms with Crippen LogP contribution >= 0.6 is 11.6 Å². The van der Waals surface area contributed by atoms with Crippen molar-refractivity contribution in [3.05, 3.63) is 265 Å². The maximum atomic E-state index is 17.0. The van der Waals surface area contributed by atoms with Gasteiger partial charge in [0.2, 0.25) is 17.7 Å². The lowest BCUT2D eigenvalue weighted by Gasteiger charge is -2.50. The highest BCUT2D eigenvalue weighted by Crippen LogP contribution is 2.59. The fraction of sp³-hybridized carbons (Fsp3) is 0.324. The van der Waals surface area contributed by atoms with Crippen LogP contribution in [0.15, 0.2) is 164 Å². The van der Waals surface area contributed by atoms with Crippen molar-refractivity contribution in [2.45, 2.75) is 157 Å². The SMILES string of the molecule is C=CC(=O)N1CC2COc3c(Cl)c(-c4c(C)ccnc4C(C)C)c4c(c3N2CC1C)C=C(C)N(c1c(O)cccc1F)C4O.C=CC(=O)N1CC2COc3c(c4cc(F)c(-c5c(O)cccc5F)c(F)c4n(-c4c(C)ccnc4C(C)C)c3=O)C2=CC1C.C=CC(=O)N1CC2COc3cc(-c4c(C)ccnc4C(C)C)c4c(c3N2CC1C)C=C(C)N(c1c(O)cccc1F)C4O. The zero-order valence-corrected chi connectivity index (χ0v) is 75.9. The van der Waals surface area contributed by atoms with Crippen LogP contribution in [-0.4, -0.2) is 160 Å². The number of allylic oxidation sites excluding steroid dienone is 2. The number of aromatic nitrogens is 4. The van der Waals surface area contributed by atoms with E-state index in [2.05, 4.69) is 48.4 Å². The zero-order chi connectivity index (χ0) is 94.0. The van der Waals surface area contributed by atoms with Crippen LogP contribution in [-0.2, 0) is 14.4 Å². The highest BCUT2D eigenvalue weighted by atomic mass is 35.5. The number of carbonyl (C=O) groups excluding carboxylic acids is 3. The van der Waals surface area contributed by atoms with Crippen molar-refractivity contribution in [3.63, 3.8) is 0 Å². The number of halogens is 6. The number of aliphatic hydroxyl groups is 2. The van der Waals surface area contributed by atoms with Crippen LogP contribution in [0.5, 0.6) is 34.5 Å². The second-order valence-electron chi connectivity index (χ2n) is 35.5. The van der Waals surface area contributed by atoms with Crippen LogP contribution in [0.3, 0.4) is 0 Å². The largest absolute Gasteiger partial charge is 0.507 e. The van der Waals surface area contributed by atoms with Crippen LogP contribution in [0.25, 0.3) is 67.7 Å². The summed E-state index contributed by atoms with van der Waals surface area (Å²) in [6.45, 7) is 41.0. The van der Waals surface area contributed by atoms with Crippen molar-refractivity contribution in [3.8, 4) is 73.6 Å². The number of piperazine rings is 2. The Hall–Kier alpha value is -13.3. The van der Waals surface area contributed by atoms with E-state index in [1.807, 2.05) is 90.6 Å². The van der Waals surface area contributed by atoms with Gasteiger partial charge in [-0.15, -0.1) is 0 Å². The summed E-state index contributed by atoms with van der Waals surface area (Å²) < 4.78 is 98.8. The molecule has 8 aliphatic rings. The Balaban J connectivity index is 0.000000144. The van der Waals surface area contributed by atoms with Gasteiger partial charge >= 0.3 is 0 Å². The number of hydrogen-bond donors (Lipinski definition) is 5. The zero-order valence-electron chi connectivity index (χ0n) is 75.2. The summed E-state index contributed by atoms with van der Waals surface area (Å²) in [6.07, 6.45) is 11.9. The van der Waals surface area contributed by atoms with Gasteiger partial charge < -0.3 is 74.0 Å². The van der Waals surface area contributed by atoms with Gasteiger partial charge in [-0.05, 0) is 198 Å². The maximum absolute atomic E-state index is 17.0. The van der Waals surface area contributed by atoms with Gasteiger partial charge in [0.15, 0.2) is 41.4 Å². The maximum Gasteiger partial charge on any atom is 0.298 e. The van der Waals surface area contributed by atoms with Gasteiger partial charge in [-0.1, -0.05) is 97.2 Å². The van der Waals surface area contributed by atoms with E-state index >= 15 is 22.0 Å². The molecule has 2 fully saturated rings. The number of amides is 3. The minimum Gasteiger partial charge on any atom is -0.507 e. The lowest BCUT2D eigenvalue weighted by Crippen LogP contribution is -2.62. The molecule has 8 unspecified atom stereocenters. The molecule has 8 aliphatic heterocycles. The highest BCUT2D eigenvalue weighted by Gasteiger charge is 2.48. The third kappa shape index (κ3) is 15.4. The molecule has 0 aliphatic carbocycles. The number of hydrogen-bond acceptors (Lipinski definition) is 19. The van der Waals surface area contributed by atoms with Crippen LogP contribution in [0.1, 0.15) is 168 Å². The van der Waals surface area contributed by atoms with Crippen molar-refractivity contribution in [2.24, 2.45) is 5.92 Å². The van der Waals surface area contributed by atoms with Gasteiger partial charge in [-0.25, -0.2) is 22.0 Å². The summed E-state index contributed by atoms with van der Waals surface area (Å²) in [5.74, 6) is -5.87. The molecular formula is C102H103ClF5N11O12. The number of anilines is 4. The molecule has 23 nitrogen and oxygen atoms in total. The Morgan fingerprint density at radius 2 is 0.985 bits per heavy atom. The number of phenols is 3. The van der Waals surface area contributed by atoms with E-state index in [1.54, 1.807) is 68.2 Å². The number of aryl methyl sites for hydroxylation is 3. The number of nitrogens with zero attached hydrogens (tertiary/aromatic N) is 11. The fourth-order valence-corrected chi connectivity index (χ4v) is 20.3. The first-order valence-electron chi connectivity index (χ1n) is 43.7. The van der Waals surface area contributed by atoms with Crippen molar-refractivity contribution >= 4 is 80.7 Å². The number of ether oxygens (including phenoxy) is 3. The fourth-order valence-electron chi connectivity index (χ4n) is 20.0. The molecule has 0 radical (unpaired) electrons. The normalized spacial score (nSPS) is 19.9. The van der Waals surface area contributed by atoms with Crippen LogP contribution in [0.2, 0.25) is 5.02 Å². The van der Waals surface area contributed by atoms with Gasteiger partial charge in [0.1, 0.15) is 59.2 Å². The number of para-hydroxylation sites is 2. The van der Waals surface area contributed by atoms with E-state index in [-0.39, 0.29) is 118 Å². The molecule has 4 aromatic heterocycles. The number of benzene rings is 6. The topological polar surface area (TPSA) is 263 Å². The van der Waals surface area contributed by atoms with Gasteiger partial charge in [0.05, 0.1) is 74.5 Å². The molecule has 680 valence electrons. The van der Waals surface area contributed by atoms with Crippen molar-refractivity contribution in [2.75, 3.05) is 72.1 Å². The first kappa shape index (κ1) is 91.0. The van der Waals surface area contributed by atoms with E-state index in [4.69, 9.17) is 35.8 Å². The summed E-state index contributed by atoms with van der Waals surface area (Å²) in [7, 11) is 0. The molecule has 131 heavy (non-hydrogen) atoms. The quantitative estimate of drug-likeness (QED) is 0.0562. The average Bonchev–Trinajstić information content (AvgIpc) is 0.711. The van der Waals surface area contributed by atoms with Crippen LogP contribution in [0.4, 0.5) is 44.7 Å². The Labute approximate surface area is 760 Å². The highest BCUT2D eigenvalue weighted by molar-refractivity contribution is 6.36. The molecule has 3 amide bonds. The molecule has 2 saturated heterocycles. The minimum absolute atomic E-state index is 0.0267. The average molecular weight is 1810 g/mol. The Morgan fingerprint density at radius 3 is 1.53 bits per heavy atom. The molecule has 8 atom stereocenters. The lowest BCUT2D eigenvalue weighted by molar-refractivity contribution is -0.130. The van der Waals surface area contributed by atoms with E-state index < -0.39 is 75.9 Å². The van der Waals surface area contributed by atoms with E-state index in [0.29, 0.717) is 118 Å². The van der Waals surface area contributed by atoms with Gasteiger partial charge in [-0.3, -0.25) is 38.7 Å². The number of rotatable bonds is 12. The van der Waals surface area contributed by atoms with Crippen molar-refractivity contribution in [1.82, 2.24) is 34.2 Å². The second kappa shape index (κ2) is 35.5. The van der Waals surface area contributed by atoms with E-state index in [9.17, 15) is 44.7 Å². The predicted octanol–water partition coefficient (Wildman–Crippen LogP) is 18.8. The first-order valence-corrected chi connectivity index (χ1v) is 44.1. The molecule has 5 N–H and O–H groups in total. The number of fused-ring (bicyclic) bond motifs is 15. The summed E-state index contributed by atoms with van der Waals surface area (Å²) >= 11 is 7.34. The van der Waals surface area contributed by atoms with E-state index in [0.717, 1.165) is 73.2 Å². The Kier molecular flexibility index (Phi) is 24.7. The van der Waals surface area contributed by atoms with Gasteiger partial charge in [0, 0.05) is 137 Å². The smallest absolute Gasteiger partial charge is 0.298 e. The third-order valence-electron chi connectivity index (χ3n) is 26.1. The van der Waals surface area contributed by atoms with Gasteiger partial charge in [-0.2, -0.15) is 0 Å². The predicted molar refractivity (Wildman–Crippen MR) is 498 cm³/mol. The molecule has 6 aromatic carbocycles. The number of pyridine rings is 4. The number of aliphatic hydroxyl groups excluding tert-OH is 2. The molecule has 29 heteroatoms. The monoisotopic (exact) mass is 1800 g/mol. The standard InChI is InChI=1S/C34H36ClFN4O4.C34H30F3N3O4.C34H37FN4O4/c1-7-25(42)38-15-21-16-44-33-29(35)28(26-18(4)11-12-37-30(26)17(2)3)27-22(31(33)39(21)14-20(38)6)13-19(5)40(34(27)43)32-23(36)9-8-10-24(32)41;1-6-25(42)39-14-19-15-44-33-26(20(19)12-18(39)5)21-13-23(36)28(27-22(35)8-7-9-24(27)41)29(37)32(21)40(34(33)43)31-17(4)10-11-38-30(31)16(2)3;1-7-28(41)37-16-22-17-43-27-14-23(29-19(4)11-12-36-31(29)18(2)3)30-24(32(27)38(22)15-21(37)6)13-20(5)39(34(30)42)33-25(35)9-8-10-26(33)40/h7-13,17,20-21,34,41,43H,1,14-16H2,2-6H3;6-13,16,18-19,41H,1,14-15H2,2-5H3;7-14,18,21-22,34,40,42H,1,15-17H2,2-6H3. The summed E-state index contributed by atoms with van der Waals surface area (Å²) in [4.78, 5) is 78.7. The molecule has 0 saturated carbocycles. The second-order valence-corrected chi connectivity index (χ2v) is 35.9. The van der Waals surface area contributed by atoms with Crippen LogP contribution < -0.4 is 39.4 Å². The van der Waals surface area contributed by atoms with Crippen LogP contribution in [0, 0.1) is 55.8 Å². The third-order valence-corrected chi connectivity index (χ3v) is 26.5. The molecule has 0 bridgehead atoms. The van der Waals surface area contributed by atoms with Crippen molar-refractivity contribution in [1.29, 1.82) is 0 Å². The minimum atomic E-state index is -1.42. The summed E-state index contributed by atoms with van der Waals surface area (Å²) in [5.41, 5.74) is 11.2. The first-order chi connectivity index (χ1) is 62.4. The summed E-state index contributed by atoms with van der Waals surface area (Å²) in [5, 5.41) is 56.9. The molecule has 10 aromatic rings. The molecule has 18 rings (SSSR count). The number of carbonyl (C=O) groups is 3. The lowest BCUT2D eigenvalue weighted by atomic mass is 9.83. The molecule has 0 spiro atoms. The Morgan fingerprint density at radius 1 is 0.504 bits per heavy atom. The van der Waals surface area contributed by atoms with Crippen molar-refractivity contribution < 1.29 is 76.1 Å². The Bertz CT molecular complexity index is 6550. The molecule has 12 heterocycles. The molecular weight excluding hydrogens is 1700 g/mol. The van der Waals surface area contributed by atoms with Gasteiger partial charge in [0.25, 0.3) is 5.56 Å². The van der Waals surface area contributed by atoms with E-state index in [1.165, 1.54) is 70.5 Å². The number of phenolic OH excluding ortho intramolecular Hbond substituents is 3. The summed E-state index contributed by atoms with van der Waals surface area (Å²) in [6, 6.07) is 19.1. The number of aromatic hydroxyl groups is 3.